The number of hydrogen-bond donors (Lipinski definition) is 0. The number of nitrogens with zero attached hydrogens (tertiary/aromatic N) is 1. The number of methoxy groups -OCH3 is 1. The summed E-state index contributed by atoms with van der Waals surface area (Å²) >= 11 is 0. The van der Waals surface area contributed by atoms with Crippen LogP contribution in [-0.2, 0) is 14.9 Å². The van der Waals surface area contributed by atoms with E-state index >= 15 is 0 Å². The smallest absolute Gasteiger partial charge is 0.318 e. The summed E-state index contributed by atoms with van der Waals surface area (Å²) < 4.78 is 10.0. The summed E-state index contributed by atoms with van der Waals surface area (Å²) in [6.45, 7) is 0. The van der Waals surface area contributed by atoms with E-state index in [9.17, 15) is 4.79 Å². The second-order valence-corrected chi connectivity index (χ2v) is 4.10. The first-order valence-electron chi connectivity index (χ1n) is 5.21. The third kappa shape index (κ3) is 1.10. The zero-order valence-electron chi connectivity index (χ0n) is 8.90. The van der Waals surface area contributed by atoms with E-state index in [1.807, 2.05) is 24.3 Å². The molecule has 1 aromatic carbocycles. The highest BCUT2D eigenvalue weighted by atomic mass is 16.5. The molecule has 4 nitrogen and oxygen atoms in total. The van der Waals surface area contributed by atoms with Crippen molar-refractivity contribution in [3.63, 3.8) is 0 Å². The molecular weight excluding hydrogens is 206 g/mol. The largest absolute Gasteiger partial charge is 0.468 e. The summed E-state index contributed by atoms with van der Waals surface area (Å²) in [6, 6.07) is 7.56. The van der Waals surface area contributed by atoms with Crippen molar-refractivity contribution in [2.24, 2.45) is 0 Å². The molecule has 16 heavy (non-hydrogen) atoms. The number of aromatic nitrogens is 1. The van der Waals surface area contributed by atoms with E-state index in [1.165, 1.54) is 7.11 Å². The van der Waals surface area contributed by atoms with Gasteiger partial charge >= 0.3 is 5.97 Å². The van der Waals surface area contributed by atoms with Crippen LogP contribution in [0.4, 0.5) is 0 Å². The minimum atomic E-state index is -0.554. The molecule has 0 spiro atoms. The molecule has 1 saturated carbocycles. The maximum Gasteiger partial charge on any atom is 0.318 e. The number of carbonyl (C=O) groups is 1. The first-order chi connectivity index (χ1) is 7.78. The SMILES string of the molecule is COC(=O)C1(c2noc3ccccc23)CC1. The van der Waals surface area contributed by atoms with Crippen molar-refractivity contribution in [3.8, 4) is 0 Å². The quantitative estimate of drug-likeness (QED) is 0.722. The Morgan fingerprint density at radius 1 is 1.44 bits per heavy atom. The molecule has 3 rings (SSSR count). The molecule has 0 saturated heterocycles. The summed E-state index contributed by atoms with van der Waals surface area (Å²) in [6.07, 6.45) is 1.58. The molecule has 1 aromatic heterocycles. The van der Waals surface area contributed by atoms with Crippen molar-refractivity contribution in [3.05, 3.63) is 30.0 Å². The lowest BCUT2D eigenvalue weighted by Gasteiger charge is -2.08. The number of fused-ring (bicyclic) bond motifs is 1. The Labute approximate surface area is 92.2 Å². The van der Waals surface area contributed by atoms with Crippen LogP contribution < -0.4 is 0 Å². The molecule has 82 valence electrons. The zero-order chi connectivity index (χ0) is 11.2. The van der Waals surface area contributed by atoms with Gasteiger partial charge in [-0.25, -0.2) is 0 Å². The number of esters is 1. The van der Waals surface area contributed by atoms with Gasteiger partial charge in [0.05, 0.1) is 7.11 Å². The Balaban J connectivity index is 2.16. The Hall–Kier alpha value is -1.84. The van der Waals surface area contributed by atoms with Crippen molar-refractivity contribution in [1.29, 1.82) is 0 Å². The minimum absolute atomic E-state index is 0.216. The average molecular weight is 217 g/mol. The van der Waals surface area contributed by atoms with Crippen LogP contribution in [0.5, 0.6) is 0 Å². The van der Waals surface area contributed by atoms with E-state index < -0.39 is 5.41 Å². The van der Waals surface area contributed by atoms with Gasteiger partial charge in [-0.2, -0.15) is 0 Å². The summed E-state index contributed by atoms with van der Waals surface area (Å²) in [4.78, 5) is 11.7. The lowest BCUT2D eigenvalue weighted by Crippen LogP contribution is -2.22. The topological polar surface area (TPSA) is 52.3 Å². The van der Waals surface area contributed by atoms with Crippen molar-refractivity contribution >= 4 is 16.9 Å². The molecule has 0 unspecified atom stereocenters. The van der Waals surface area contributed by atoms with Crippen LogP contribution in [0.3, 0.4) is 0 Å². The Morgan fingerprint density at radius 3 is 2.88 bits per heavy atom. The highest BCUT2D eigenvalue weighted by molar-refractivity contribution is 5.92. The van der Waals surface area contributed by atoms with Gasteiger partial charge < -0.3 is 9.26 Å². The summed E-state index contributed by atoms with van der Waals surface area (Å²) in [7, 11) is 1.41. The molecule has 0 N–H and O–H groups in total. The standard InChI is InChI=1S/C12H11NO3/c1-15-11(14)12(6-7-12)10-8-4-2-3-5-9(8)16-13-10/h2-5H,6-7H2,1H3. The number of para-hydroxylation sites is 1. The molecule has 0 aliphatic heterocycles. The number of benzene rings is 1. The van der Waals surface area contributed by atoms with Crippen LogP contribution in [0.2, 0.25) is 0 Å². The fraction of sp³-hybridized carbons (Fsp3) is 0.333. The molecule has 0 bridgehead atoms. The summed E-state index contributed by atoms with van der Waals surface area (Å²) in [5.41, 5.74) is 0.879. The second-order valence-electron chi connectivity index (χ2n) is 4.10. The monoisotopic (exact) mass is 217 g/mol. The molecule has 1 aliphatic rings. The van der Waals surface area contributed by atoms with Gasteiger partial charge in [-0.15, -0.1) is 0 Å². The van der Waals surface area contributed by atoms with E-state index in [2.05, 4.69) is 5.16 Å². The Bertz CT molecular complexity index is 554. The van der Waals surface area contributed by atoms with Gasteiger partial charge in [0.25, 0.3) is 0 Å². The van der Waals surface area contributed by atoms with E-state index in [-0.39, 0.29) is 5.97 Å². The van der Waals surface area contributed by atoms with E-state index in [0.29, 0.717) is 5.58 Å². The molecule has 1 aliphatic carbocycles. The summed E-state index contributed by atoms with van der Waals surface area (Å²) in [5, 5.41) is 4.93. The normalized spacial score (nSPS) is 17.3. The van der Waals surface area contributed by atoms with Crippen molar-refractivity contribution in [1.82, 2.24) is 5.16 Å². The molecule has 1 heterocycles. The van der Waals surface area contributed by atoms with E-state index in [4.69, 9.17) is 9.26 Å². The van der Waals surface area contributed by atoms with Crippen LogP contribution in [0.1, 0.15) is 18.5 Å². The van der Waals surface area contributed by atoms with E-state index in [1.54, 1.807) is 0 Å². The highest BCUT2D eigenvalue weighted by Gasteiger charge is 2.55. The lowest BCUT2D eigenvalue weighted by atomic mass is 9.99. The van der Waals surface area contributed by atoms with Crippen molar-refractivity contribution < 1.29 is 14.1 Å². The predicted molar refractivity (Wildman–Crippen MR) is 56.9 cm³/mol. The van der Waals surface area contributed by atoms with E-state index in [0.717, 1.165) is 23.9 Å². The fourth-order valence-electron chi connectivity index (χ4n) is 2.09. The number of ether oxygens (including phenoxy) is 1. The maximum absolute atomic E-state index is 11.7. The number of hydrogen-bond acceptors (Lipinski definition) is 4. The van der Waals surface area contributed by atoms with Gasteiger partial charge in [0.15, 0.2) is 5.58 Å². The van der Waals surface area contributed by atoms with Gasteiger partial charge in [-0.3, -0.25) is 4.79 Å². The van der Waals surface area contributed by atoms with Gasteiger partial charge in [0, 0.05) is 5.39 Å². The summed E-state index contributed by atoms with van der Waals surface area (Å²) in [5.74, 6) is -0.216. The van der Waals surface area contributed by atoms with Crippen LogP contribution in [0.25, 0.3) is 11.0 Å². The first-order valence-corrected chi connectivity index (χ1v) is 5.21. The molecule has 1 fully saturated rings. The molecule has 0 amide bonds. The zero-order valence-corrected chi connectivity index (χ0v) is 8.90. The lowest BCUT2D eigenvalue weighted by molar-refractivity contribution is -0.143. The molecular formula is C12H11NO3. The number of rotatable bonds is 2. The van der Waals surface area contributed by atoms with Gasteiger partial charge in [-0.1, -0.05) is 17.3 Å². The van der Waals surface area contributed by atoms with Gasteiger partial charge in [-0.05, 0) is 25.0 Å². The first kappa shape index (κ1) is 9.39. The molecule has 0 radical (unpaired) electrons. The van der Waals surface area contributed by atoms with Crippen LogP contribution >= 0.6 is 0 Å². The second kappa shape index (κ2) is 3.07. The van der Waals surface area contributed by atoms with Crippen LogP contribution in [0, 0.1) is 0 Å². The average Bonchev–Trinajstić information content (AvgIpc) is 3.02. The minimum Gasteiger partial charge on any atom is -0.468 e. The van der Waals surface area contributed by atoms with Gasteiger partial charge in [0.1, 0.15) is 11.1 Å². The van der Waals surface area contributed by atoms with Crippen LogP contribution in [0.15, 0.2) is 28.8 Å². The predicted octanol–water partition coefficient (Wildman–Crippen LogP) is 2.03. The van der Waals surface area contributed by atoms with Crippen molar-refractivity contribution in [2.75, 3.05) is 7.11 Å². The van der Waals surface area contributed by atoms with Gasteiger partial charge in [0.2, 0.25) is 0 Å². The highest BCUT2D eigenvalue weighted by Crippen LogP contribution is 2.50. The van der Waals surface area contributed by atoms with Crippen LogP contribution in [-0.4, -0.2) is 18.2 Å². The molecule has 2 aromatic rings. The third-order valence-electron chi connectivity index (χ3n) is 3.16. The van der Waals surface area contributed by atoms with Crippen molar-refractivity contribution in [2.45, 2.75) is 18.3 Å². The Kier molecular flexibility index (Phi) is 1.80. The number of carbonyl (C=O) groups excluding carboxylic acids is 1. The molecule has 4 heteroatoms. The Morgan fingerprint density at radius 2 is 2.19 bits per heavy atom. The third-order valence-corrected chi connectivity index (χ3v) is 3.16. The fourth-order valence-corrected chi connectivity index (χ4v) is 2.09. The maximum atomic E-state index is 11.7. The molecule has 0 atom stereocenters.